The van der Waals surface area contributed by atoms with Gasteiger partial charge in [-0.25, -0.2) is 10.4 Å². The summed E-state index contributed by atoms with van der Waals surface area (Å²) in [6.45, 7) is 3.79. The van der Waals surface area contributed by atoms with Crippen LogP contribution in [0.5, 0.6) is 0 Å². The van der Waals surface area contributed by atoms with Crippen molar-refractivity contribution in [2.75, 3.05) is 5.75 Å². The van der Waals surface area contributed by atoms with Crippen LogP contribution in [0.25, 0.3) is 16.6 Å². The van der Waals surface area contributed by atoms with Crippen LogP contribution in [-0.2, 0) is 4.79 Å². The van der Waals surface area contributed by atoms with Crippen molar-refractivity contribution >= 4 is 45.9 Å². The third-order valence-corrected chi connectivity index (χ3v) is 6.17. The lowest BCUT2D eigenvalue weighted by Crippen LogP contribution is -2.24. The maximum Gasteiger partial charge on any atom is 0.266 e. The van der Waals surface area contributed by atoms with Gasteiger partial charge in [0.1, 0.15) is 0 Å². The number of carbonyl (C=O) groups excluding carboxylic acids is 1. The van der Waals surface area contributed by atoms with E-state index >= 15 is 0 Å². The second kappa shape index (κ2) is 10.0. The fourth-order valence-corrected chi connectivity index (χ4v) is 4.13. The van der Waals surface area contributed by atoms with Crippen LogP contribution in [0.2, 0.25) is 5.02 Å². The Hall–Kier alpha value is -3.42. The number of para-hydroxylation sites is 1. The predicted octanol–water partition coefficient (Wildman–Crippen LogP) is 4.98. The van der Waals surface area contributed by atoms with Crippen LogP contribution in [0.1, 0.15) is 18.1 Å². The molecular weight excluding hydrogens is 456 g/mol. The van der Waals surface area contributed by atoms with Crippen LogP contribution in [0.15, 0.2) is 87.8 Å². The highest BCUT2D eigenvalue weighted by atomic mass is 35.5. The summed E-state index contributed by atoms with van der Waals surface area (Å²) in [7, 11) is 0. The molecule has 0 fully saturated rings. The molecule has 0 saturated heterocycles. The van der Waals surface area contributed by atoms with Gasteiger partial charge in [0.15, 0.2) is 5.16 Å². The average Bonchev–Trinajstić information content (AvgIpc) is 2.82. The van der Waals surface area contributed by atoms with Crippen LogP contribution in [-0.4, -0.2) is 26.9 Å². The molecule has 33 heavy (non-hydrogen) atoms. The van der Waals surface area contributed by atoms with Crippen LogP contribution in [0, 0.1) is 6.92 Å². The normalized spacial score (nSPS) is 11.5. The summed E-state index contributed by atoms with van der Waals surface area (Å²) in [5.74, 6) is -0.250. The quantitative estimate of drug-likeness (QED) is 0.184. The molecular formula is C25H21ClN4O2S. The van der Waals surface area contributed by atoms with Gasteiger partial charge >= 0.3 is 0 Å². The summed E-state index contributed by atoms with van der Waals surface area (Å²) in [5, 5.41) is 5.76. The largest absolute Gasteiger partial charge is 0.272 e. The number of hydrazone groups is 1. The number of benzene rings is 3. The summed E-state index contributed by atoms with van der Waals surface area (Å²) in [5.41, 5.74) is 6.28. The first-order valence-electron chi connectivity index (χ1n) is 10.2. The Kier molecular flexibility index (Phi) is 6.91. The van der Waals surface area contributed by atoms with Crippen molar-refractivity contribution in [1.29, 1.82) is 0 Å². The highest BCUT2D eigenvalue weighted by Gasteiger charge is 2.14. The highest BCUT2D eigenvalue weighted by Crippen LogP contribution is 2.21. The van der Waals surface area contributed by atoms with Crippen molar-refractivity contribution in [2.45, 2.75) is 19.0 Å². The van der Waals surface area contributed by atoms with Gasteiger partial charge in [0.25, 0.3) is 11.5 Å². The van der Waals surface area contributed by atoms with Gasteiger partial charge in [0, 0.05) is 5.02 Å². The van der Waals surface area contributed by atoms with E-state index in [0.717, 1.165) is 11.1 Å². The summed E-state index contributed by atoms with van der Waals surface area (Å²) >= 11 is 7.10. The predicted molar refractivity (Wildman–Crippen MR) is 135 cm³/mol. The smallest absolute Gasteiger partial charge is 0.266 e. The molecule has 1 amide bonds. The van der Waals surface area contributed by atoms with Gasteiger partial charge in [-0.05, 0) is 55.8 Å². The summed E-state index contributed by atoms with van der Waals surface area (Å²) in [6, 6.07) is 22.0. The Balaban J connectivity index is 1.57. The molecule has 0 spiro atoms. The fourth-order valence-electron chi connectivity index (χ4n) is 3.19. The number of aromatic nitrogens is 2. The molecule has 0 atom stereocenters. The Morgan fingerprint density at radius 1 is 1.06 bits per heavy atom. The van der Waals surface area contributed by atoms with Crippen molar-refractivity contribution in [2.24, 2.45) is 5.10 Å². The number of rotatable bonds is 6. The van der Waals surface area contributed by atoms with Crippen molar-refractivity contribution in [3.63, 3.8) is 0 Å². The Morgan fingerprint density at radius 3 is 2.48 bits per heavy atom. The van der Waals surface area contributed by atoms with Gasteiger partial charge in [-0.2, -0.15) is 5.10 Å². The van der Waals surface area contributed by atoms with Crippen molar-refractivity contribution in [3.8, 4) is 5.69 Å². The zero-order chi connectivity index (χ0) is 23.4. The molecule has 0 radical (unpaired) electrons. The van der Waals surface area contributed by atoms with E-state index in [1.165, 1.54) is 11.8 Å². The van der Waals surface area contributed by atoms with Gasteiger partial charge in [-0.1, -0.05) is 65.3 Å². The molecule has 8 heteroatoms. The standard InChI is InChI=1S/C25H21ClN4O2S/c1-16-7-13-20(14-8-16)30-24(32)21-5-3-4-6-22(21)27-25(30)33-15-23(31)29-28-17(2)18-9-11-19(26)12-10-18/h3-14H,15H2,1-2H3,(H,29,31)/b28-17+. The SMILES string of the molecule is C/C(=N\NC(=O)CSc1nc2ccccc2c(=O)n1-c1ccc(C)cc1)c1ccc(Cl)cc1. The first-order chi connectivity index (χ1) is 15.9. The lowest BCUT2D eigenvalue weighted by Gasteiger charge is -2.13. The lowest BCUT2D eigenvalue weighted by molar-refractivity contribution is -0.118. The number of amides is 1. The minimum atomic E-state index is -0.300. The van der Waals surface area contributed by atoms with Gasteiger partial charge in [-0.15, -0.1) is 0 Å². The number of thioether (sulfide) groups is 1. The fraction of sp³-hybridized carbons (Fsp3) is 0.120. The Labute approximate surface area is 200 Å². The second-order valence-corrected chi connectivity index (χ2v) is 8.79. The van der Waals surface area contributed by atoms with Gasteiger partial charge in [0.05, 0.1) is 28.1 Å². The maximum absolute atomic E-state index is 13.3. The first kappa shape index (κ1) is 22.8. The van der Waals surface area contributed by atoms with Gasteiger partial charge < -0.3 is 0 Å². The first-order valence-corrected chi connectivity index (χ1v) is 11.6. The van der Waals surface area contributed by atoms with Crippen molar-refractivity contribution in [3.05, 3.63) is 99.3 Å². The van der Waals surface area contributed by atoms with Crippen LogP contribution in [0.3, 0.4) is 0 Å². The second-order valence-electron chi connectivity index (χ2n) is 7.42. The Morgan fingerprint density at radius 2 is 1.76 bits per heavy atom. The summed E-state index contributed by atoms with van der Waals surface area (Å²) in [6.07, 6.45) is 0. The molecule has 1 heterocycles. The molecule has 4 rings (SSSR count). The average molecular weight is 477 g/mol. The molecule has 0 saturated carbocycles. The molecule has 1 aromatic heterocycles. The molecule has 6 nitrogen and oxygen atoms in total. The zero-order valence-corrected chi connectivity index (χ0v) is 19.7. The minimum absolute atomic E-state index is 0.0496. The molecule has 0 aliphatic carbocycles. The van der Waals surface area contributed by atoms with E-state index in [-0.39, 0.29) is 17.2 Å². The number of aryl methyl sites for hydroxylation is 1. The monoisotopic (exact) mass is 476 g/mol. The van der Waals surface area contributed by atoms with Crippen molar-refractivity contribution in [1.82, 2.24) is 15.0 Å². The molecule has 0 unspecified atom stereocenters. The number of carbonyl (C=O) groups is 1. The van der Waals surface area contributed by atoms with E-state index in [0.29, 0.717) is 32.5 Å². The summed E-state index contributed by atoms with van der Waals surface area (Å²) < 4.78 is 1.54. The molecule has 0 aliphatic rings. The third kappa shape index (κ3) is 5.32. The topological polar surface area (TPSA) is 76.3 Å². The van der Waals surface area contributed by atoms with Gasteiger partial charge in [0.2, 0.25) is 0 Å². The van der Waals surface area contributed by atoms with Crippen LogP contribution < -0.4 is 11.0 Å². The molecule has 4 aromatic rings. The molecule has 166 valence electrons. The highest BCUT2D eigenvalue weighted by molar-refractivity contribution is 7.99. The van der Waals surface area contributed by atoms with Crippen LogP contribution >= 0.6 is 23.4 Å². The van der Waals surface area contributed by atoms with Crippen molar-refractivity contribution < 1.29 is 4.79 Å². The summed E-state index contributed by atoms with van der Waals surface area (Å²) in [4.78, 5) is 30.4. The maximum atomic E-state index is 13.3. The number of hydrogen-bond acceptors (Lipinski definition) is 5. The van der Waals surface area contributed by atoms with Crippen LogP contribution in [0.4, 0.5) is 0 Å². The number of nitrogens with zero attached hydrogens (tertiary/aromatic N) is 3. The minimum Gasteiger partial charge on any atom is -0.272 e. The zero-order valence-electron chi connectivity index (χ0n) is 18.1. The van der Waals surface area contributed by atoms with E-state index in [9.17, 15) is 9.59 Å². The Bertz CT molecular complexity index is 1400. The number of fused-ring (bicyclic) bond motifs is 1. The van der Waals surface area contributed by atoms with E-state index in [1.807, 2.05) is 55.5 Å². The number of hydrogen-bond donors (Lipinski definition) is 1. The number of halogens is 1. The van der Waals surface area contributed by atoms with E-state index < -0.39 is 0 Å². The van der Waals surface area contributed by atoms with E-state index in [2.05, 4.69) is 15.5 Å². The number of nitrogens with one attached hydrogen (secondary N) is 1. The van der Waals surface area contributed by atoms with E-state index in [4.69, 9.17) is 11.6 Å². The molecule has 1 N–H and O–H groups in total. The van der Waals surface area contributed by atoms with Gasteiger partial charge in [-0.3, -0.25) is 14.2 Å². The third-order valence-electron chi connectivity index (χ3n) is 4.98. The molecule has 3 aromatic carbocycles. The van der Waals surface area contributed by atoms with E-state index in [1.54, 1.807) is 35.8 Å². The lowest BCUT2D eigenvalue weighted by atomic mass is 10.1. The molecule has 0 bridgehead atoms. The molecule has 0 aliphatic heterocycles.